The molecule has 1 heterocycles. The van der Waals surface area contributed by atoms with Crippen molar-refractivity contribution in [1.29, 1.82) is 0 Å². The Labute approximate surface area is 114 Å². The minimum Gasteiger partial charge on any atom is -0.380 e. The fourth-order valence-electron chi connectivity index (χ4n) is 2.44. The van der Waals surface area contributed by atoms with E-state index in [1.165, 1.54) is 22.6 Å². The van der Waals surface area contributed by atoms with E-state index in [0.717, 1.165) is 13.1 Å². The van der Waals surface area contributed by atoms with Gasteiger partial charge in [-0.2, -0.15) is 11.8 Å². The van der Waals surface area contributed by atoms with E-state index in [0.29, 0.717) is 19.2 Å². The van der Waals surface area contributed by atoms with Crippen LogP contribution in [0.1, 0.15) is 17.2 Å². The Kier molecular flexibility index (Phi) is 5.50. The largest absolute Gasteiger partial charge is 0.380 e. The molecule has 0 radical (unpaired) electrons. The number of thioether (sulfide) groups is 1. The lowest BCUT2D eigenvalue weighted by Gasteiger charge is -2.34. The molecule has 0 amide bonds. The molecule has 1 saturated heterocycles. The third kappa shape index (κ3) is 3.48. The number of nitrogens with zero attached hydrogens (tertiary/aromatic N) is 1. The van der Waals surface area contributed by atoms with Crippen LogP contribution in [0.2, 0.25) is 0 Å². The van der Waals surface area contributed by atoms with Crippen molar-refractivity contribution >= 4 is 11.8 Å². The van der Waals surface area contributed by atoms with Gasteiger partial charge in [0.05, 0.1) is 6.61 Å². The first kappa shape index (κ1) is 13.9. The van der Waals surface area contributed by atoms with Crippen LogP contribution in [-0.2, 0) is 11.3 Å². The Hall–Kier alpha value is -0.550. The Morgan fingerprint density at radius 2 is 2.17 bits per heavy atom. The fraction of sp³-hybridized carbons (Fsp3) is 0.571. The van der Waals surface area contributed by atoms with Crippen LogP contribution in [0.4, 0.5) is 0 Å². The number of hydrogen-bond acceptors (Lipinski definition) is 4. The summed E-state index contributed by atoms with van der Waals surface area (Å²) < 4.78 is 5.19. The highest BCUT2D eigenvalue weighted by Gasteiger charge is 2.21. The zero-order chi connectivity index (χ0) is 12.8. The first-order chi connectivity index (χ1) is 8.85. The first-order valence-electron chi connectivity index (χ1n) is 6.45. The van der Waals surface area contributed by atoms with Crippen LogP contribution < -0.4 is 5.73 Å². The average Bonchev–Trinajstić information content (AvgIpc) is 2.42. The monoisotopic (exact) mass is 266 g/mol. The van der Waals surface area contributed by atoms with Crippen molar-refractivity contribution in [2.75, 3.05) is 38.2 Å². The molecule has 3 nitrogen and oxygen atoms in total. The minimum absolute atomic E-state index is 0.350. The van der Waals surface area contributed by atoms with Gasteiger partial charge in [-0.1, -0.05) is 24.3 Å². The first-order valence-corrected chi connectivity index (χ1v) is 7.60. The molecule has 1 aromatic carbocycles. The Morgan fingerprint density at radius 1 is 1.39 bits per heavy atom. The summed E-state index contributed by atoms with van der Waals surface area (Å²) in [6.07, 6.45) is 0. The van der Waals surface area contributed by atoms with Gasteiger partial charge in [-0.3, -0.25) is 4.90 Å². The molecule has 18 heavy (non-hydrogen) atoms. The van der Waals surface area contributed by atoms with E-state index in [2.05, 4.69) is 29.2 Å². The van der Waals surface area contributed by atoms with Crippen LogP contribution in [0.15, 0.2) is 24.3 Å². The molecule has 0 spiro atoms. The Morgan fingerprint density at radius 3 is 2.83 bits per heavy atom. The predicted molar refractivity (Wildman–Crippen MR) is 77.8 cm³/mol. The van der Waals surface area contributed by atoms with Crippen LogP contribution in [0, 0.1) is 0 Å². The van der Waals surface area contributed by atoms with Gasteiger partial charge in [0.2, 0.25) is 0 Å². The van der Waals surface area contributed by atoms with Gasteiger partial charge in [-0.15, -0.1) is 0 Å². The van der Waals surface area contributed by atoms with Crippen LogP contribution >= 0.6 is 11.8 Å². The maximum Gasteiger partial charge on any atom is 0.0713 e. The normalized spacial score (nSPS) is 18.8. The third-order valence-corrected chi connectivity index (χ3v) is 4.30. The lowest BCUT2D eigenvalue weighted by Crippen LogP contribution is -2.39. The molecule has 1 fully saturated rings. The van der Waals surface area contributed by atoms with Crippen molar-refractivity contribution in [2.45, 2.75) is 12.6 Å². The predicted octanol–water partition coefficient (Wildman–Crippen LogP) is 1.88. The molecule has 1 aromatic rings. The second kappa shape index (κ2) is 7.14. The lowest BCUT2D eigenvalue weighted by atomic mass is 10.0. The molecule has 1 atom stereocenters. The summed E-state index contributed by atoms with van der Waals surface area (Å²) >= 11 is 2.03. The minimum atomic E-state index is 0.350. The molecule has 1 aliphatic rings. The van der Waals surface area contributed by atoms with Gasteiger partial charge in [-0.25, -0.2) is 0 Å². The van der Waals surface area contributed by atoms with Crippen molar-refractivity contribution in [3.05, 3.63) is 35.4 Å². The zero-order valence-corrected chi connectivity index (χ0v) is 11.8. The van der Waals surface area contributed by atoms with Gasteiger partial charge < -0.3 is 10.5 Å². The van der Waals surface area contributed by atoms with E-state index in [-0.39, 0.29) is 0 Å². The van der Waals surface area contributed by atoms with Crippen molar-refractivity contribution in [3.8, 4) is 0 Å². The van der Waals surface area contributed by atoms with Gasteiger partial charge in [0.25, 0.3) is 0 Å². The summed E-state index contributed by atoms with van der Waals surface area (Å²) in [7, 11) is 1.73. The van der Waals surface area contributed by atoms with Crippen molar-refractivity contribution < 1.29 is 4.74 Å². The van der Waals surface area contributed by atoms with Crippen molar-refractivity contribution in [3.63, 3.8) is 0 Å². The number of methoxy groups -OCH3 is 1. The van der Waals surface area contributed by atoms with Gasteiger partial charge in [0.1, 0.15) is 0 Å². The van der Waals surface area contributed by atoms with E-state index < -0.39 is 0 Å². The molecule has 1 unspecified atom stereocenters. The Balaban J connectivity index is 2.12. The smallest absolute Gasteiger partial charge is 0.0713 e. The number of nitrogens with two attached hydrogens (primary N) is 1. The molecule has 0 saturated carbocycles. The van der Waals surface area contributed by atoms with E-state index in [9.17, 15) is 0 Å². The molecule has 2 rings (SSSR count). The maximum atomic E-state index is 5.98. The summed E-state index contributed by atoms with van der Waals surface area (Å²) in [4.78, 5) is 2.50. The highest BCUT2D eigenvalue weighted by atomic mass is 32.2. The van der Waals surface area contributed by atoms with E-state index >= 15 is 0 Å². The van der Waals surface area contributed by atoms with Crippen LogP contribution in [0.25, 0.3) is 0 Å². The molecule has 0 aromatic heterocycles. The second-order valence-electron chi connectivity index (χ2n) is 4.58. The third-order valence-electron chi connectivity index (χ3n) is 3.36. The van der Waals surface area contributed by atoms with Crippen LogP contribution in [0.5, 0.6) is 0 Å². The van der Waals surface area contributed by atoms with Crippen molar-refractivity contribution in [1.82, 2.24) is 4.90 Å². The summed E-state index contributed by atoms with van der Waals surface area (Å²) in [5.41, 5.74) is 8.52. The number of rotatable bonds is 5. The highest BCUT2D eigenvalue weighted by molar-refractivity contribution is 7.99. The second-order valence-corrected chi connectivity index (χ2v) is 5.80. The molecule has 1 aliphatic heterocycles. The standard InChI is InChI=1S/C14H22N2OS/c1-17-11-12-3-2-4-13(9-12)14(10-15)16-5-7-18-8-6-16/h2-4,9,14H,5-8,10-11,15H2,1H3. The molecule has 100 valence electrons. The molecular weight excluding hydrogens is 244 g/mol. The number of benzene rings is 1. The van der Waals surface area contributed by atoms with Gasteiger partial charge in [0.15, 0.2) is 0 Å². The van der Waals surface area contributed by atoms with Gasteiger partial charge >= 0.3 is 0 Å². The van der Waals surface area contributed by atoms with E-state index in [1.807, 2.05) is 11.8 Å². The summed E-state index contributed by atoms with van der Waals surface area (Å²) in [6.45, 7) is 3.63. The van der Waals surface area contributed by atoms with Gasteiger partial charge in [-0.05, 0) is 11.1 Å². The topological polar surface area (TPSA) is 38.5 Å². The summed E-state index contributed by atoms with van der Waals surface area (Å²) in [5, 5.41) is 0. The van der Waals surface area contributed by atoms with Gasteiger partial charge in [0, 0.05) is 44.3 Å². The number of ether oxygens (including phenoxy) is 1. The highest BCUT2D eigenvalue weighted by Crippen LogP contribution is 2.24. The molecule has 0 bridgehead atoms. The van der Waals surface area contributed by atoms with Crippen LogP contribution in [-0.4, -0.2) is 43.1 Å². The molecule has 2 N–H and O–H groups in total. The average molecular weight is 266 g/mol. The summed E-state index contributed by atoms with van der Waals surface area (Å²) in [6, 6.07) is 8.96. The zero-order valence-electron chi connectivity index (χ0n) is 11.0. The maximum absolute atomic E-state index is 5.98. The Bertz CT molecular complexity index is 367. The fourth-order valence-corrected chi connectivity index (χ4v) is 3.37. The lowest BCUT2D eigenvalue weighted by molar-refractivity contribution is 0.184. The molecular formula is C14H22N2OS. The SMILES string of the molecule is COCc1cccc(C(CN)N2CCSCC2)c1. The quantitative estimate of drug-likeness (QED) is 0.883. The van der Waals surface area contributed by atoms with E-state index in [4.69, 9.17) is 10.5 Å². The van der Waals surface area contributed by atoms with E-state index in [1.54, 1.807) is 7.11 Å². The van der Waals surface area contributed by atoms with Crippen LogP contribution in [0.3, 0.4) is 0 Å². The molecule has 0 aliphatic carbocycles. The molecule has 4 heteroatoms. The van der Waals surface area contributed by atoms with Crippen molar-refractivity contribution in [2.24, 2.45) is 5.73 Å². The number of hydrogen-bond donors (Lipinski definition) is 1. The summed E-state index contributed by atoms with van der Waals surface area (Å²) in [5.74, 6) is 2.43.